The molecule has 0 bridgehead atoms. The zero-order valence-electron chi connectivity index (χ0n) is 9.76. The third kappa shape index (κ3) is 3.08. The molecule has 1 rings (SSSR count). The fraction of sp³-hybridized carbons (Fsp3) is 0.333. The maximum atomic E-state index is 11.7. The summed E-state index contributed by atoms with van der Waals surface area (Å²) < 4.78 is 0. The monoisotopic (exact) mass is 220 g/mol. The fourth-order valence-corrected chi connectivity index (χ4v) is 1.41. The average Bonchev–Trinajstić information content (AvgIpc) is 2.25. The van der Waals surface area contributed by atoms with Gasteiger partial charge in [-0.3, -0.25) is 9.59 Å². The van der Waals surface area contributed by atoms with Crippen molar-refractivity contribution in [2.45, 2.75) is 13.8 Å². The van der Waals surface area contributed by atoms with Gasteiger partial charge in [0.15, 0.2) is 0 Å². The van der Waals surface area contributed by atoms with E-state index in [-0.39, 0.29) is 18.4 Å². The van der Waals surface area contributed by atoms with Crippen LogP contribution < -0.4 is 10.6 Å². The third-order valence-electron chi connectivity index (χ3n) is 2.31. The van der Waals surface area contributed by atoms with Gasteiger partial charge in [0.2, 0.25) is 5.91 Å². The van der Waals surface area contributed by atoms with Crippen molar-refractivity contribution in [2.75, 3.05) is 13.6 Å². The van der Waals surface area contributed by atoms with Crippen LogP contribution in [0.5, 0.6) is 0 Å². The molecule has 0 aliphatic heterocycles. The van der Waals surface area contributed by atoms with Crippen LogP contribution in [0.4, 0.5) is 0 Å². The molecule has 0 fully saturated rings. The first-order chi connectivity index (χ1) is 7.54. The average molecular weight is 220 g/mol. The van der Waals surface area contributed by atoms with Gasteiger partial charge in [-0.05, 0) is 25.5 Å². The van der Waals surface area contributed by atoms with Gasteiger partial charge >= 0.3 is 0 Å². The summed E-state index contributed by atoms with van der Waals surface area (Å²) in [7, 11) is 1.53. The predicted octanol–water partition coefficient (Wildman–Crippen LogP) is 0.779. The Morgan fingerprint density at radius 3 is 2.50 bits per heavy atom. The van der Waals surface area contributed by atoms with Crippen LogP contribution in [0, 0.1) is 13.8 Å². The topological polar surface area (TPSA) is 58.2 Å². The number of aryl methyl sites for hydroxylation is 2. The summed E-state index contributed by atoms with van der Waals surface area (Å²) in [6.45, 7) is 3.85. The Balaban J connectivity index is 2.70. The Hall–Kier alpha value is -1.84. The van der Waals surface area contributed by atoms with Crippen LogP contribution >= 0.6 is 0 Å². The molecular formula is C12H16N2O2. The molecule has 0 saturated heterocycles. The Morgan fingerprint density at radius 1 is 1.25 bits per heavy atom. The number of carbonyl (C=O) groups excluding carboxylic acids is 2. The normalized spacial score (nSPS) is 9.69. The highest BCUT2D eigenvalue weighted by Gasteiger charge is 2.09. The lowest BCUT2D eigenvalue weighted by Crippen LogP contribution is -2.35. The number of carbonyl (C=O) groups is 2. The highest BCUT2D eigenvalue weighted by molar-refractivity contribution is 5.97. The van der Waals surface area contributed by atoms with Crippen molar-refractivity contribution in [2.24, 2.45) is 0 Å². The summed E-state index contributed by atoms with van der Waals surface area (Å²) >= 11 is 0. The SMILES string of the molecule is CNC(=O)CNC(=O)c1ccc(C)cc1C. The Bertz CT molecular complexity index is 413. The molecule has 0 atom stereocenters. The Morgan fingerprint density at radius 2 is 1.94 bits per heavy atom. The molecule has 4 heteroatoms. The second kappa shape index (κ2) is 5.30. The van der Waals surface area contributed by atoms with Crippen molar-refractivity contribution in [3.63, 3.8) is 0 Å². The minimum atomic E-state index is -0.221. The van der Waals surface area contributed by atoms with E-state index in [1.165, 1.54) is 7.05 Å². The van der Waals surface area contributed by atoms with Crippen molar-refractivity contribution >= 4 is 11.8 Å². The second-order valence-electron chi connectivity index (χ2n) is 3.67. The van der Waals surface area contributed by atoms with E-state index < -0.39 is 0 Å². The molecule has 0 aromatic heterocycles. The largest absolute Gasteiger partial charge is 0.358 e. The fourth-order valence-electron chi connectivity index (χ4n) is 1.41. The van der Waals surface area contributed by atoms with Crippen LogP contribution in [-0.2, 0) is 4.79 Å². The molecule has 1 aromatic carbocycles. The minimum absolute atomic E-state index is 0.00263. The summed E-state index contributed by atoms with van der Waals surface area (Å²) in [5, 5.41) is 5.00. The van der Waals surface area contributed by atoms with Gasteiger partial charge in [0, 0.05) is 12.6 Å². The molecule has 1 aromatic rings. The molecule has 0 spiro atoms. The zero-order chi connectivity index (χ0) is 12.1. The van der Waals surface area contributed by atoms with Crippen LogP contribution in [0.15, 0.2) is 18.2 Å². The second-order valence-corrected chi connectivity index (χ2v) is 3.67. The van der Waals surface area contributed by atoms with E-state index in [4.69, 9.17) is 0 Å². The first kappa shape index (κ1) is 12.2. The first-order valence-electron chi connectivity index (χ1n) is 5.10. The molecule has 0 aliphatic carbocycles. The maximum absolute atomic E-state index is 11.7. The molecule has 16 heavy (non-hydrogen) atoms. The number of hydrogen-bond donors (Lipinski definition) is 2. The Labute approximate surface area is 95.0 Å². The number of hydrogen-bond acceptors (Lipinski definition) is 2. The van der Waals surface area contributed by atoms with Crippen molar-refractivity contribution < 1.29 is 9.59 Å². The summed E-state index contributed by atoms with van der Waals surface area (Å²) in [6, 6.07) is 5.58. The lowest BCUT2D eigenvalue weighted by molar-refractivity contribution is -0.119. The summed E-state index contributed by atoms with van der Waals surface area (Å²) in [6.07, 6.45) is 0. The van der Waals surface area contributed by atoms with Gasteiger partial charge in [-0.2, -0.15) is 0 Å². The van der Waals surface area contributed by atoms with E-state index in [9.17, 15) is 9.59 Å². The van der Waals surface area contributed by atoms with Gasteiger partial charge in [0.1, 0.15) is 0 Å². The highest BCUT2D eigenvalue weighted by Crippen LogP contribution is 2.09. The lowest BCUT2D eigenvalue weighted by atomic mass is 10.1. The summed E-state index contributed by atoms with van der Waals surface area (Å²) in [5.74, 6) is -0.431. The molecule has 0 aliphatic rings. The predicted molar refractivity (Wildman–Crippen MR) is 62.3 cm³/mol. The smallest absolute Gasteiger partial charge is 0.251 e. The molecule has 4 nitrogen and oxygen atoms in total. The van der Waals surface area contributed by atoms with Crippen molar-refractivity contribution in [1.82, 2.24) is 10.6 Å². The Kier molecular flexibility index (Phi) is 4.05. The minimum Gasteiger partial charge on any atom is -0.358 e. The van der Waals surface area contributed by atoms with Gasteiger partial charge in [-0.15, -0.1) is 0 Å². The van der Waals surface area contributed by atoms with Crippen molar-refractivity contribution in [3.05, 3.63) is 34.9 Å². The number of rotatable bonds is 3. The summed E-state index contributed by atoms with van der Waals surface area (Å²) in [5.41, 5.74) is 2.63. The van der Waals surface area contributed by atoms with Gasteiger partial charge in [-0.1, -0.05) is 17.7 Å². The van der Waals surface area contributed by atoms with Crippen LogP contribution in [0.2, 0.25) is 0 Å². The molecule has 0 radical (unpaired) electrons. The third-order valence-corrected chi connectivity index (χ3v) is 2.31. The zero-order valence-corrected chi connectivity index (χ0v) is 9.76. The van der Waals surface area contributed by atoms with E-state index in [1.807, 2.05) is 26.0 Å². The van der Waals surface area contributed by atoms with E-state index in [2.05, 4.69) is 10.6 Å². The molecule has 2 amide bonds. The van der Waals surface area contributed by atoms with Crippen LogP contribution in [0.3, 0.4) is 0 Å². The van der Waals surface area contributed by atoms with Crippen molar-refractivity contribution in [3.8, 4) is 0 Å². The lowest BCUT2D eigenvalue weighted by Gasteiger charge is -2.07. The van der Waals surface area contributed by atoms with Gasteiger partial charge in [0.25, 0.3) is 5.91 Å². The maximum Gasteiger partial charge on any atom is 0.251 e. The number of likely N-dealkylation sites (N-methyl/N-ethyl adjacent to an activating group) is 1. The molecule has 0 saturated carbocycles. The molecular weight excluding hydrogens is 204 g/mol. The van der Waals surface area contributed by atoms with Crippen molar-refractivity contribution in [1.29, 1.82) is 0 Å². The van der Waals surface area contributed by atoms with E-state index >= 15 is 0 Å². The summed E-state index contributed by atoms with van der Waals surface area (Å²) in [4.78, 5) is 22.7. The van der Waals surface area contributed by atoms with E-state index in [0.717, 1.165) is 11.1 Å². The van der Waals surface area contributed by atoms with Gasteiger partial charge in [0.05, 0.1) is 6.54 Å². The van der Waals surface area contributed by atoms with E-state index in [0.29, 0.717) is 5.56 Å². The number of nitrogens with one attached hydrogen (secondary N) is 2. The highest BCUT2D eigenvalue weighted by atomic mass is 16.2. The van der Waals surface area contributed by atoms with Crippen LogP contribution in [0.25, 0.3) is 0 Å². The number of benzene rings is 1. The molecule has 0 unspecified atom stereocenters. The standard InChI is InChI=1S/C12H16N2O2/c1-8-4-5-10(9(2)6-8)12(16)14-7-11(15)13-3/h4-6H,7H2,1-3H3,(H,13,15)(H,14,16). The van der Waals surface area contributed by atoms with Gasteiger partial charge < -0.3 is 10.6 Å². The number of amides is 2. The van der Waals surface area contributed by atoms with Gasteiger partial charge in [-0.25, -0.2) is 0 Å². The van der Waals surface area contributed by atoms with E-state index in [1.54, 1.807) is 6.07 Å². The first-order valence-corrected chi connectivity index (χ1v) is 5.10. The molecule has 2 N–H and O–H groups in total. The molecule has 0 heterocycles. The van der Waals surface area contributed by atoms with Crippen LogP contribution in [-0.4, -0.2) is 25.4 Å². The van der Waals surface area contributed by atoms with Crippen LogP contribution in [0.1, 0.15) is 21.5 Å². The molecule has 86 valence electrons. The quantitative estimate of drug-likeness (QED) is 0.790.